The fourth-order valence-corrected chi connectivity index (χ4v) is 4.84. The van der Waals surface area contributed by atoms with E-state index in [1.807, 2.05) is 39.0 Å². The Morgan fingerprint density at radius 3 is 2.26 bits per heavy atom. The predicted octanol–water partition coefficient (Wildman–Crippen LogP) is 6.90. The smallest absolute Gasteiger partial charge is 0.268 e. The lowest BCUT2D eigenvalue weighted by Crippen LogP contribution is -2.41. The van der Waals surface area contributed by atoms with Gasteiger partial charge in [0, 0.05) is 21.5 Å². The molecule has 7 heteroatoms. The Balaban J connectivity index is 1.85. The maximum atomic E-state index is 13.7. The molecular formula is C27H19BrN2O4. The van der Waals surface area contributed by atoms with Crippen LogP contribution in [0.3, 0.4) is 0 Å². The van der Waals surface area contributed by atoms with Gasteiger partial charge in [0.15, 0.2) is 0 Å². The molecule has 34 heavy (non-hydrogen) atoms. The second-order valence-corrected chi connectivity index (χ2v) is 9.29. The number of nitro groups is 1. The minimum atomic E-state index is -0.566. The number of halogens is 1. The number of anilines is 1. The van der Waals surface area contributed by atoms with Crippen molar-refractivity contribution < 1.29 is 14.5 Å². The number of amides is 2. The Labute approximate surface area is 204 Å². The van der Waals surface area contributed by atoms with Crippen LogP contribution in [-0.4, -0.2) is 16.7 Å². The van der Waals surface area contributed by atoms with E-state index in [9.17, 15) is 19.7 Å². The number of aryl methyl sites for hydroxylation is 2. The number of benzene rings is 4. The standard InChI is InChI=1S/C27H19BrN2O4/c1-14-6-4-9-22(16(14)3)29-26(31)19-8-5-7-18-24(17-10-11-21(28)15(2)12-17)23(30(33)34)13-20(25(18)19)27(29)32/h4-13H,1-3H3. The van der Waals surface area contributed by atoms with Crippen molar-refractivity contribution in [1.29, 1.82) is 0 Å². The molecule has 4 aromatic carbocycles. The van der Waals surface area contributed by atoms with Crippen molar-refractivity contribution >= 4 is 49.9 Å². The number of hydrogen-bond acceptors (Lipinski definition) is 4. The molecule has 0 radical (unpaired) electrons. The highest BCUT2D eigenvalue weighted by atomic mass is 79.9. The highest BCUT2D eigenvalue weighted by Crippen LogP contribution is 2.44. The molecule has 0 aromatic heterocycles. The van der Waals surface area contributed by atoms with E-state index in [-0.39, 0.29) is 11.3 Å². The lowest BCUT2D eigenvalue weighted by Gasteiger charge is -2.29. The fraction of sp³-hybridized carbons (Fsp3) is 0.111. The summed E-state index contributed by atoms with van der Waals surface area (Å²) in [5, 5.41) is 13.1. The van der Waals surface area contributed by atoms with Gasteiger partial charge < -0.3 is 0 Å². The molecule has 0 spiro atoms. The SMILES string of the molecule is Cc1cc(-c2c([N+](=O)[O-])cc3c4c(cccc24)C(=O)N(c2cccc(C)c2C)C3=O)ccc1Br. The lowest BCUT2D eigenvalue weighted by atomic mass is 9.87. The number of nitro benzene ring substituents is 1. The number of rotatable bonds is 3. The van der Waals surface area contributed by atoms with Crippen molar-refractivity contribution in [3.05, 3.63) is 103 Å². The van der Waals surface area contributed by atoms with Gasteiger partial charge in [0.1, 0.15) is 0 Å². The normalized spacial score (nSPS) is 13.0. The molecular weight excluding hydrogens is 496 g/mol. The summed E-state index contributed by atoms with van der Waals surface area (Å²) >= 11 is 3.47. The van der Waals surface area contributed by atoms with Crippen molar-refractivity contribution in [1.82, 2.24) is 0 Å². The molecule has 1 aliphatic heterocycles. The second-order valence-electron chi connectivity index (χ2n) is 8.43. The topological polar surface area (TPSA) is 80.5 Å². The maximum Gasteiger partial charge on any atom is 0.278 e. The van der Waals surface area contributed by atoms with E-state index in [4.69, 9.17) is 0 Å². The summed E-state index contributed by atoms with van der Waals surface area (Å²) in [6.45, 7) is 5.66. The minimum absolute atomic E-state index is 0.149. The third-order valence-electron chi connectivity index (χ3n) is 6.47. The van der Waals surface area contributed by atoms with Gasteiger partial charge in [0.2, 0.25) is 0 Å². The summed E-state index contributed by atoms with van der Waals surface area (Å²) in [7, 11) is 0. The first-order valence-electron chi connectivity index (χ1n) is 10.7. The highest BCUT2D eigenvalue weighted by molar-refractivity contribution is 9.10. The zero-order chi connectivity index (χ0) is 24.3. The Morgan fingerprint density at radius 2 is 1.56 bits per heavy atom. The van der Waals surface area contributed by atoms with Gasteiger partial charge in [-0.25, -0.2) is 4.90 Å². The summed E-state index contributed by atoms with van der Waals surface area (Å²) in [4.78, 5) is 40.1. The van der Waals surface area contributed by atoms with E-state index in [0.717, 1.165) is 26.1 Å². The van der Waals surface area contributed by atoms with Gasteiger partial charge in [-0.05, 0) is 66.6 Å². The van der Waals surface area contributed by atoms with Crippen LogP contribution in [0.2, 0.25) is 0 Å². The van der Waals surface area contributed by atoms with Crippen LogP contribution in [0.1, 0.15) is 37.4 Å². The van der Waals surface area contributed by atoms with Crippen molar-refractivity contribution in [2.45, 2.75) is 20.8 Å². The Hall–Kier alpha value is -3.84. The number of nitrogens with zero attached hydrogens (tertiary/aromatic N) is 2. The largest absolute Gasteiger partial charge is 0.278 e. The zero-order valence-corrected chi connectivity index (χ0v) is 20.3. The van der Waals surface area contributed by atoms with Gasteiger partial charge in [0.25, 0.3) is 17.5 Å². The molecule has 1 heterocycles. The van der Waals surface area contributed by atoms with Crippen molar-refractivity contribution in [3.8, 4) is 11.1 Å². The number of carbonyl (C=O) groups is 2. The van der Waals surface area contributed by atoms with E-state index in [0.29, 0.717) is 33.2 Å². The van der Waals surface area contributed by atoms with Crippen molar-refractivity contribution in [2.75, 3.05) is 4.90 Å². The van der Waals surface area contributed by atoms with Crippen LogP contribution in [0.4, 0.5) is 11.4 Å². The molecule has 0 N–H and O–H groups in total. The van der Waals surface area contributed by atoms with Gasteiger partial charge >= 0.3 is 0 Å². The van der Waals surface area contributed by atoms with Crippen LogP contribution >= 0.6 is 15.9 Å². The van der Waals surface area contributed by atoms with Crippen LogP contribution in [-0.2, 0) is 0 Å². The molecule has 0 saturated heterocycles. The summed E-state index contributed by atoms with van der Waals surface area (Å²) < 4.78 is 0.885. The molecule has 0 bridgehead atoms. The summed E-state index contributed by atoms with van der Waals surface area (Å²) in [5.41, 5.74) is 4.49. The van der Waals surface area contributed by atoms with Gasteiger partial charge in [-0.3, -0.25) is 19.7 Å². The second kappa shape index (κ2) is 7.88. The zero-order valence-electron chi connectivity index (χ0n) is 18.7. The summed E-state index contributed by atoms with van der Waals surface area (Å²) in [6.07, 6.45) is 0. The monoisotopic (exact) mass is 514 g/mol. The van der Waals surface area contributed by atoms with Gasteiger partial charge in [0.05, 0.1) is 21.7 Å². The molecule has 6 nitrogen and oxygen atoms in total. The van der Waals surface area contributed by atoms with Gasteiger partial charge in [-0.2, -0.15) is 0 Å². The van der Waals surface area contributed by atoms with Crippen molar-refractivity contribution in [3.63, 3.8) is 0 Å². The van der Waals surface area contributed by atoms with Gasteiger partial charge in [-0.1, -0.05) is 52.3 Å². The Morgan fingerprint density at radius 1 is 0.853 bits per heavy atom. The number of carbonyl (C=O) groups excluding carboxylic acids is 2. The van der Waals surface area contributed by atoms with Crippen LogP contribution in [0.5, 0.6) is 0 Å². The van der Waals surface area contributed by atoms with Crippen LogP contribution in [0.15, 0.2) is 65.1 Å². The molecule has 1 aliphatic rings. The third kappa shape index (κ3) is 3.15. The summed E-state index contributed by atoms with van der Waals surface area (Å²) in [5.74, 6) is -1.01. The average molecular weight is 515 g/mol. The first-order valence-corrected chi connectivity index (χ1v) is 11.5. The van der Waals surface area contributed by atoms with E-state index in [1.54, 1.807) is 36.4 Å². The van der Waals surface area contributed by atoms with E-state index < -0.39 is 16.7 Å². The third-order valence-corrected chi connectivity index (χ3v) is 7.36. The molecule has 0 aliphatic carbocycles. The quantitative estimate of drug-likeness (QED) is 0.169. The molecule has 0 fully saturated rings. The number of hydrogen-bond donors (Lipinski definition) is 0. The molecule has 4 aromatic rings. The molecule has 0 atom stereocenters. The lowest BCUT2D eigenvalue weighted by molar-refractivity contribution is -0.384. The molecule has 2 amide bonds. The first kappa shape index (κ1) is 22.0. The Bertz CT molecular complexity index is 1580. The van der Waals surface area contributed by atoms with Crippen LogP contribution < -0.4 is 4.90 Å². The average Bonchev–Trinajstić information content (AvgIpc) is 2.81. The van der Waals surface area contributed by atoms with Crippen LogP contribution in [0, 0.1) is 30.9 Å². The number of imide groups is 1. The van der Waals surface area contributed by atoms with E-state index in [2.05, 4.69) is 15.9 Å². The van der Waals surface area contributed by atoms with Crippen LogP contribution in [0.25, 0.3) is 21.9 Å². The van der Waals surface area contributed by atoms with E-state index >= 15 is 0 Å². The molecule has 168 valence electrons. The molecule has 0 saturated carbocycles. The minimum Gasteiger partial charge on any atom is -0.268 e. The highest BCUT2D eigenvalue weighted by Gasteiger charge is 2.37. The van der Waals surface area contributed by atoms with Crippen molar-refractivity contribution in [2.24, 2.45) is 0 Å². The van der Waals surface area contributed by atoms with Gasteiger partial charge in [-0.15, -0.1) is 0 Å². The molecule has 5 rings (SSSR count). The molecule has 0 unspecified atom stereocenters. The fourth-order valence-electron chi connectivity index (χ4n) is 4.59. The summed E-state index contributed by atoms with van der Waals surface area (Å²) in [6, 6.07) is 17.3. The predicted molar refractivity (Wildman–Crippen MR) is 136 cm³/mol. The maximum absolute atomic E-state index is 13.7. The Kier molecular flexibility index (Phi) is 5.10. The first-order chi connectivity index (χ1) is 16.2. The van der Waals surface area contributed by atoms with E-state index in [1.165, 1.54) is 6.07 Å².